The summed E-state index contributed by atoms with van der Waals surface area (Å²) in [7, 11) is 1.14. The van der Waals surface area contributed by atoms with Crippen LogP contribution in [0.25, 0.3) is 0 Å². The normalized spacial score (nSPS) is 12.2. The van der Waals surface area contributed by atoms with Crippen molar-refractivity contribution in [3.8, 4) is 0 Å². The van der Waals surface area contributed by atoms with Gasteiger partial charge in [0.25, 0.3) is 0 Å². The first kappa shape index (κ1) is 19.7. The van der Waals surface area contributed by atoms with Gasteiger partial charge < -0.3 is 19.7 Å². The van der Waals surface area contributed by atoms with E-state index in [0.717, 1.165) is 7.11 Å². The molecule has 22 heavy (non-hydrogen) atoms. The number of amides is 1. The third-order valence-corrected chi connectivity index (χ3v) is 2.44. The van der Waals surface area contributed by atoms with Gasteiger partial charge in [0, 0.05) is 6.54 Å². The quantitative estimate of drug-likeness (QED) is 0.656. The van der Waals surface area contributed by atoms with Crippen LogP contribution < -0.4 is 0 Å². The van der Waals surface area contributed by atoms with E-state index in [-0.39, 0.29) is 13.0 Å². The van der Waals surface area contributed by atoms with Gasteiger partial charge in [-0.25, -0.2) is 9.59 Å². The van der Waals surface area contributed by atoms with Gasteiger partial charge in [-0.3, -0.25) is 14.5 Å². The highest BCUT2D eigenvalue weighted by Crippen LogP contribution is 2.15. The van der Waals surface area contributed by atoms with E-state index >= 15 is 0 Å². The van der Waals surface area contributed by atoms with Crippen LogP contribution in [0.4, 0.5) is 4.79 Å². The highest BCUT2D eigenvalue weighted by Gasteiger charge is 2.34. The van der Waals surface area contributed by atoms with Crippen LogP contribution in [0.15, 0.2) is 0 Å². The summed E-state index contributed by atoms with van der Waals surface area (Å²) < 4.78 is 9.48. The van der Waals surface area contributed by atoms with E-state index in [4.69, 9.17) is 14.9 Å². The molecule has 0 fully saturated rings. The second-order valence-corrected chi connectivity index (χ2v) is 5.45. The van der Waals surface area contributed by atoms with Crippen LogP contribution in [-0.4, -0.2) is 64.4 Å². The number of aliphatic carboxylic acids is 2. The lowest BCUT2D eigenvalue weighted by Crippen LogP contribution is -2.49. The van der Waals surface area contributed by atoms with Crippen molar-refractivity contribution in [3.63, 3.8) is 0 Å². The van der Waals surface area contributed by atoms with Gasteiger partial charge in [-0.2, -0.15) is 0 Å². The van der Waals surface area contributed by atoms with Crippen molar-refractivity contribution in [2.24, 2.45) is 0 Å². The summed E-state index contributed by atoms with van der Waals surface area (Å²) in [6, 6.07) is -1.64. The van der Waals surface area contributed by atoms with Crippen molar-refractivity contribution in [1.29, 1.82) is 0 Å². The number of rotatable bonds is 7. The molecule has 0 aromatic heterocycles. The van der Waals surface area contributed by atoms with Crippen LogP contribution in [0, 0.1) is 0 Å². The topological polar surface area (TPSA) is 130 Å². The zero-order valence-electron chi connectivity index (χ0n) is 13.0. The molecule has 1 amide bonds. The molecule has 0 aromatic rings. The fourth-order valence-corrected chi connectivity index (χ4v) is 1.50. The van der Waals surface area contributed by atoms with E-state index in [1.807, 2.05) is 0 Å². The van der Waals surface area contributed by atoms with Crippen LogP contribution in [-0.2, 0) is 23.9 Å². The molecule has 1 atom stereocenters. The summed E-state index contributed by atoms with van der Waals surface area (Å²) in [5.74, 6) is -3.55. The summed E-state index contributed by atoms with van der Waals surface area (Å²) in [5.41, 5.74) is -0.896. The van der Waals surface area contributed by atoms with Crippen molar-refractivity contribution in [2.75, 3.05) is 13.7 Å². The first-order valence-corrected chi connectivity index (χ1v) is 6.49. The van der Waals surface area contributed by atoms with Gasteiger partial charge in [-0.05, 0) is 20.8 Å². The molecule has 0 heterocycles. The Morgan fingerprint density at radius 3 is 2.05 bits per heavy atom. The first-order valence-electron chi connectivity index (χ1n) is 6.49. The molecule has 9 nitrogen and oxygen atoms in total. The summed E-state index contributed by atoms with van der Waals surface area (Å²) in [4.78, 5) is 46.0. The third-order valence-electron chi connectivity index (χ3n) is 2.44. The Morgan fingerprint density at radius 1 is 1.14 bits per heavy atom. The predicted molar refractivity (Wildman–Crippen MR) is 73.2 cm³/mol. The number of carboxylic acids is 2. The zero-order valence-corrected chi connectivity index (χ0v) is 13.0. The van der Waals surface area contributed by atoms with E-state index in [0.29, 0.717) is 4.90 Å². The van der Waals surface area contributed by atoms with Crippen LogP contribution in [0.2, 0.25) is 0 Å². The molecule has 1 unspecified atom stereocenters. The van der Waals surface area contributed by atoms with Gasteiger partial charge in [-0.1, -0.05) is 0 Å². The molecule has 0 aliphatic rings. The predicted octanol–water partition coefficient (Wildman–Crippen LogP) is 0.714. The number of hydrogen-bond donors (Lipinski definition) is 2. The number of ether oxygens (including phenoxy) is 2. The molecule has 0 rings (SSSR count). The number of methoxy groups -OCH3 is 1. The van der Waals surface area contributed by atoms with E-state index in [1.54, 1.807) is 20.8 Å². The standard InChI is InChI=1S/C13H21NO8/c1-13(2,3)22-12(20)14(6-5-10(17)21-4)8(11(18)19)7-9(15)16/h8H,5-7H2,1-4H3,(H,15,16)(H,18,19). The third kappa shape index (κ3) is 7.46. The van der Waals surface area contributed by atoms with Gasteiger partial charge in [0.15, 0.2) is 0 Å². The van der Waals surface area contributed by atoms with Crippen molar-refractivity contribution < 1.29 is 38.9 Å². The van der Waals surface area contributed by atoms with E-state index in [1.165, 1.54) is 0 Å². The van der Waals surface area contributed by atoms with E-state index in [2.05, 4.69) is 4.74 Å². The SMILES string of the molecule is COC(=O)CCN(C(=O)OC(C)(C)C)C(CC(=O)O)C(=O)O. The van der Waals surface area contributed by atoms with Crippen molar-refractivity contribution in [1.82, 2.24) is 4.90 Å². The lowest BCUT2D eigenvalue weighted by atomic mass is 10.1. The summed E-state index contributed by atoms with van der Waals surface area (Å²) in [6.45, 7) is 4.41. The second kappa shape index (κ2) is 8.20. The van der Waals surface area contributed by atoms with Gasteiger partial charge in [0.1, 0.15) is 11.6 Å². The highest BCUT2D eigenvalue weighted by molar-refractivity contribution is 5.85. The Kier molecular flexibility index (Phi) is 7.34. The molecule has 0 aliphatic heterocycles. The Morgan fingerprint density at radius 2 is 1.68 bits per heavy atom. The fourth-order valence-electron chi connectivity index (χ4n) is 1.50. The number of carboxylic acid groups (broad SMARTS) is 2. The Balaban J connectivity index is 5.26. The number of carbonyl (C=O) groups excluding carboxylic acids is 2. The maximum Gasteiger partial charge on any atom is 0.411 e. The van der Waals surface area contributed by atoms with Crippen molar-refractivity contribution in [3.05, 3.63) is 0 Å². The van der Waals surface area contributed by atoms with Crippen LogP contribution in [0.5, 0.6) is 0 Å². The van der Waals surface area contributed by atoms with Crippen molar-refractivity contribution >= 4 is 24.0 Å². The largest absolute Gasteiger partial charge is 0.481 e. The molecule has 9 heteroatoms. The molecule has 0 saturated carbocycles. The number of carbonyl (C=O) groups is 4. The van der Waals surface area contributed by atoms with Crippen LogP contribution in [0.1, 0.15) is 33.6 Å². The van der Waals surface area contributed by atoms with Gasteiger partial charge in [0.05, 0.1) is 20.0 Å². The molecule has 0 aromatic carbocycles. The smallest absolute Gasteiger partial charge is 0.411 e. The zero-order chi connectivity index (χ0) is 17.5. The second-order valence-electron chi connectivity index (χ2n) is 5.45. The molecule has 0 spiro atoms. The molecule has 0 saturated heterocycles. The van der Waals surface area contributed by atoms with Gasteiger partial charge >= 0.3 is 24.0 Å². The molecule has 0 aliphatic carbocycles. The maximum atomic E-state index is 12.1. The Bertz CT molecular complexity index is 440. The average molecular weight is 319 g/mol. The van der Waals surface area contributed by atoms with E-state index < -0.39 is 42.1 Å². The van der Waals surface area contributed by atoms with Gasteiger partial charge in [0.2, 0.25) is 0 Å². The molecule has 126 valence electrons. The van der Waals surface area contributed by atoms with Gasteiger partial charge in [-0.15, -0.1) is 0 Å². The minimum absolute atomic E-state index is 0.279. The Labute approximate surface area is 127 Å². The lowest BCUT2D eigenvalue weighted by molar-refractivity contribution is -0.150. The molecule has 0 bridgehead atoms. The monoisotopic (exact) mass is 319 g/mol. The summed E-state index contributed by atoms with van der Waals surface area (Å²) >= 11 is 0. The number of nitrogens with zero attached hydrogens (tertiary/aromatic N) is 1. The summed E-state index contributed by atoms with van der Waals surface area (Å²) in [6.07, 6.45) is -2.10. The average Bonchev–Trinajstić information content (AvgIpc) is 2.34. The molecule has 0 radical (unpaired) electrons. The lowest BCUT2D eigenvalue weighted by Gasteiger charge is -2.30. The van der Waals surface area contributed by atoms with Crippen molar-refractivity contribution in [2.45, 2.75) is 45.3 Å². The van der Waals surface area contributed by atoms with Crippen LogP contribution >= 0.6 is 0 Å². The summed E-state index contributed by atoms with van der Waals surface area (Å²) in [5, 5.41) is 17.9. The minimum atomic E-state index is -1.64. The molecular formula is C13H21NO8. The number of esters is 1. The first-order chi connectivity index (χ1) is 9.97. The molecular weight excluding hydrogens is 298 g/mol. The van der Waals surface area contributed by atoms with E-state index in [9.17, 15) is 19.2 Å². The van der Waals surface area contributed by atoms with Crippen LogP contribution in [0.3, 0.4) is 0 Å². The Hall–Kier alpha value is -2.32. The fraction of sp³-hybridized carbons (Fsp3) is 0.692. The maximum absolute atomic E-state index is 12.1. The molecule has 2 N–H and O–H groups in total. The highest BCUT2D eigenvalue weighted by atomic mass is 16.6. The minimum Gasteiger partial charge on any atom is -0.481 e. The number of hydrogen-bond acceptors (Lipinski definition) is 6.